The fourth-order valence-corrected chi connectivity index (χ4v) is 4.47. The fourth-order valence-electron chi connectivity index (χ4n) is 3.88. The maximum Gasteiger partial charge on any atom is 0.220 e. The standard InChI is InChI=1S/C22H27N5O3S/c1-14-23-17(13-31-14)22-26-25-20-8-6-16(10-11-27(20)22)24-21(28)9-5-15-4-7-18(29-2)19(12-15)30-3/h4,7,12-13,16H,5-6,8-11H2,1-3H3,(H,24,28). The summed E-state index contributed by atoms with van der Waals surface area (Å²) in [5, 5.41) is 14.9. The first-order chi connectivity index (χ1) is 15.1. The first-order valence-electron chi connectivity index (χ1n) is 10.4. The van der Waals surface area contributed by atoms with E-state index in [1.54, 1.807) is 25.6 Å². The summed E-state index contributed by atoms with van der Waals surface area (Å²) in [4.78, 5) is 17.1. The van der Waals surface area contributed by atoms with Crippen molar-refractivity contribution >= 4 is 17.2 Å². The van der Waals surface area contributed by atoms with Crippen LogP contribution >= 0.6 is 11.3 Å². The van der Waals surface area contributed by atoms with Crippen molar-refractivity contribution in [2.45, 2.75) is 51.6 Å². The number of carbonyl (C=O) groups excluding carboxylic acids is 1. The van der Waals surface area contributed by atoms with Gasteiger partial charge in [0.2, 0.25) is 5.91 Å². The van der Waals surface area contributed by atoms with Crippen molar-refractivity contribution in [3.8, 4) is 23.0 Å². The van der Waals surface area contributed by atoms with Gasteiger partial charge >= 0.3 is 0 Å². The summed E-state index contributed by atoms with van der Waals surface area (Å²) in [6.07, 6.45) is 3.58. The predicted octanol–water partition coefficient (Wildman–Crippen LogP) is 3.18. The molecule has 164 valence electrons. The number of amides is 1. The number of hydrogen-bond acceptors (Lipinski definition) is 7. The Labute approximate surface area is 185 Å². The molecular formula is C22H27N5O3S. The Morgan fingerprint density at radius 3 is 2.81 bits per heavy atom. The van der Waals surface area contributed by atoms with E-state index in [1.165, 1.54) is 0 Å². The number of rotatable bonds is 7. The maximum absolute atomic E-state index is 12.6. The second kappa shape index (κ2) is 9.47. The summed E-state index contributed by atoms with van der Waals surface area (Å²) >= 11 is 1.61. The normalized spacial score (nSPS) is 15.8. The molecule has 1 aromatic carbocycles. The lowest BCUT2D eigenvalue weighted by atomic mass is 10.1. The second-order valence-electron chi connectivity index (χ2n) is 7.62. The number of nitrogens with one attached hydrogen (secondary N) is 1. The zero-order valence-electron chi connectivity index (χ0n) is 18.1. The number of nitrogens with zero attached hydrogens (tertiary/aromatic N) is 4. The minimum Gasteiger partial charge on any atom is -0.493 e. The molecule has 0 aliphatic carbocycles. The summed E-state index contributed by atoms with van der Waals surface area (Å²) < 4.78 is 12.8. The van der Waals surface area contributed by atoms with Gasteiger partial charge in [-0.15, -0.1) is 21.5 Å². The summed E-state index contributed by atoms with van der Waals surface area (Å²) in [5.74, 6) is 3.21. The summed E-state index contributed by atoms with van der Waals surface area (Å²) in [5.41, 5.74) is 1.92. The molecular weight excluding hydrogens is 414 g/mol. The predicted molar refractivity (Wildman–Crippen MR) is 119 cm³/mol. The number of carbonyl (C=O) groups is 1. The van der Waals surface area contributed by atoms with Crippen LogP contribution in [-0.4, -0.2) is 45.9 Å². The van der Waals surface area contributed by atoms with Gasteiger partial charge in [-0.2, -0.15) is 0 Å². The lowest BCUT2D eigenvalue weighted by Crippen LogP contribution is -2.35. The van der Waals surface area contributed by atoms with Gasteiger partial charge in [0.1, 0.15) is 11.5 Å². The lowest BCUT2D eigenvalue weighted by molar-refractivity contribution is -0.121. The SMILES string of the molecule is COc1ccc(CCC(=O)NC2CCc3nnc(-c4csc(C)n4)n3CC2)cc1OC. The van der Waals surface area contributed by atoms with E-state index in [2.05, 4.69) is 25.1 Å². The van der Waals surface area contributed by atoms with Crippen molar-refractivity contribution in [2.24, 2.45) is 0 Å². The molecule has 3 aromatic rings. The van der Waals surface area contributed by atoms with Crippen LogP contribution in [0.5, 0.6) is 11.5 Å². The molecule has 0 fully saturated rings. The van der Waals surface area contributed by atoms with E-state index in [0.717, 1.165) is 53.7 Å². The average Bonchev–Trinajstić information content (AvgIpc) is 3.34. The third-order valence-corrected chi connectivity index (χ3v) is 6.32. The number of ether oxygens (including phenoxy) is 2. The van der Waals surface area contributed by atoms with Crippen molar-refractivity contribution in [1.29, 1.82) is 0 Å². The Balaban J connectivity index is 1.32. The van der Waals surface area contributed by atoms with Crippen molar-refractivity contribution < 1.29 is 14.3 Å². The van der Waals surface area contributed by atoms with Crippen molar-refractivity contribution in [2.75, 3.05) is 14.2 Å². The second-order valence-corrected chi connectivity index (χ2v) is 8.69. The molecule has 9 heteroatoms. The molecule has 1 unspecified atom stereocenters. The molecule has 0 radical (unpaired) electrons. The molecule has 1 amide bonds. The molecule has 1 N–H and O–H groups in total. The van der Waals surface area contributed by atoms with Crippen LogP contribution in [0, 0.1) is 6.92 Å². The zero-order chi connectivity index (χ0) is 21.8. The van der Waals surface area contributed by atoms with Crippen molar-refractivity contribution in [3.05, 3.63) is 40.0 Å². The van der Waals surface area contributed by atoms with E-state index in [9.17, 15) is 4.79 Å². The summed E-state index contributed by atoms with van der Waals surface area (Å²) in [6, 6.07) is 5.89. The molecule has 31 heavy (non-hydrogen) atoms. The van der Waals surface area contributed by atoms with Gasteiger partial charge in [0.25, 0.3) is 0 Å². The van der Waals surface area contributed by atoms with Crippen molar-refractivity contribution in [1.82, 2.24) is 25.1 Å². The van der Waals surface area contributed by atoms with Gasteiger partial charge in [-0.05, 0) is 43.9 Å². The number of aryl methyl sites for hydroxylation is 3. The highest BCUT2D eigenvalue weighted by molar-refractivity contribution is 7.09. The molecule has 2 aromatic heterocycles. The van der Waals surface area contributed by atoms with Crippen LogP contribution in [-0.2, 0) is 24.2 Å². The van der Waals surface area contributed by atoms with Gasteiger partial charge < -0.3 is 19.4 Å². The molecule has 4 rings (SSSR count). The Hall–Kier alpha value is -2.94. The molecule has 1 atom stereocenters. The highest BCUT2D eigenvalue weighted by Gasteiger charge is 2.23. The van der Waals surface area contributed by atoms with Crippen molar-refractivity contribution in [3.63, 3.8) is 0 Å². The quantitative estimate of drug-likeness (QED) is 0.606. The zero-order valence-corrected chi connectivity index (χ0v) is 18.9. The molecule has 0 bridgehead atoms. The monoisotopic (exact) mass is 441 g/mol. The van der Waals surface area contributed by atoms with Crippen LogP contribution in [0.1, 0.15) is 35.7 Å². The van der Waals surface area contributed by atoms with Crippen LogP contribution in [0.2, 0.25) is 0 Å². The Bertz CT molecular complexity index is 1060. The number of aromatic nitrogens is 4. The fraction of sp³-hybridized carbons (Fsp3) is 0.455. The third kappa shape index (κ3) is 4.87. The van der Waals surface area contributed by atoms with E-state index in [4.69, 9.17) is 9.47 Å². The smallest absolute Gasteiger partial charge is 0.220 e. The number of benzene rings is 1. The molecule has 3 heterocycles. The van der Waals surface area contributed by atoms with Gasteiger partial charge in [0.05, 0.1) is 19.2 Å². The molecule has 0 spiro atoms. The summed E-state index contributed by atoms with van der Waals surface area (Å²) in [6.45, 7) is 2.76. The van der Waals surface area contributed by atoms with Gasteiger partial charge in [-0.25, -0.2) is 4.98 Å². The van der Waals surface area contributed by atoms with Gasteiger partial charge in [-0.1, -0.05) is 6.07 Å². The van der Waals surface area contributed by atoms with E-state index in [1.807, 2.05) is 30.5 Å². The van der Waals surface area contributed by atoms with Gasteiger partial charge in [-0.3, -0.25) is 4.79 Å². The Morgan fingerprint density at radius 2 is 2.06 bits per heavy atom. The average molecular weight is 442 g/mol. The Morgan fingerprint density at radius 1 is 1.23 bits per heavy atom. The number of methoxy groups -OCH3 is 2. The molecule has 1 aliphatic rings. The highest BCUT2D eigenvalue weighted by atomic mass is 32.1. The maximum atomic E-state index is 12.6. The molecule has 1 aliphatic heterocycles. The number of fused-ring (bicyclic) bond motifs is 1. The van der Waals surface area contributed by atoms with E-state index in [-0.39, 0.29) is 11.9 Å². The largest absolute Gasteiger partial charge is 0.493 e. The number of hydrogen-bond donors (Lipinski definition) is 1. The first kappa shape index (κ1) is 21.3. The van der Waals surface area contributed by atoms with E-state index in [0.29, 0.717) is 24.3 Å². The number of thiazole rings is 1. The van der Waals surface area contributed by atoms with Crippen LogP contribution < -0.4 is 14.8 Å². The topological polar surface area (TPSA) is 91.2 Å². The highest BCUT2D eigenvalue weighted by Crippen LogP contribution is 2.28. The van der Waals surface area contributed by atoms with Crippen LogP contribution in [0.15, 0.2) is 23.6 Å². The molecule has 8 nitrogen and oxygen atoms in total. The van der Waals surface area contributed by atoms with Crippen LogP contribution in [0.25, 0.3) is 11.5 Å². The van der Waals surface area contributed by atoms with Crippen LogP contribution in [0.4, 0.5) is 0 Å². The van der Waals surface area contributed by atoms with Crippen LogP contribution in [0.3, 0.4) is 0 Å². The first-order valence-corrected chi connectivity index (χ1v) is 11.3. The summed E-state index contributed by atoms with van der Waals surface area (Å²) in [7, 11) is 3.22. The lowest BCUT2D eigenvalue weighted by Gasteiger charge is -2.16. The van der Waals surface area contributed by atoms with Gasteiger partial charge in [0, 0.05) is 30.8 Å². The molecule has 0 saturated carbocycles. The molecule has 0 saturated heterocycles. The van der Waals surface area contributed by atoms with Gasteiger partial charge in [0.15, 0.2) is 17.3 Å². The van der Waals surface area contributed by atoms with E-state index >= 15 is 0 Å². The van der Waals surface area contributed by atoms with E-state index < -0.39 is 0 Å². The minimum atomic E-state index is 0.0628. The minimum absolute atomic E-state index is 0.0628. The Kier molecular flexibility index (Phi) is 6.50. The third-order valence-electron chi connectivity index (χ3n) is 5.55.